The van der Waals surface area contributed by atoms with E-state index in [1.165, 1.54) is 21.7 Å². The van der Waals surface area contributed by atoms with Gasteiger partial charge in [0.2, 0.25) is 0 Å². The molecule has 1 aromatic carbocycles. The largest absolute Gasteiger partial charge is 0.330 e. The zero-order valence-corrected chi connectivity index (χ0v) is 14.0. The van der Waals surface area contributed by atoms with Crippen molar-refractivity contribution in [1.29, 1.82) is 0 Å². The number of benzene rings is 1. The smallest absolute Gasteiger partial charge is 0.0951 e. The molecule has 3 aromatic heterocycles. The molecule has 0 atom stereocenters. The Balaban J connectivity index is 1.51. The maximum absolute atomic E-state index is 4.59. The minimum Gasteiger partial charge on any atom is -0.330 e. The summed E-state index contributed by atoms with van der Waals surface area (Å²) in [6.07, 6.45) is 6.69. The van der Waals surface area contributed by atoms with Crippen LogP contribution in [0.5, 0.6) is 0 Å². The van der Waals surface area contributed by atoms with Gasteiger partial charge in [0.05, 0.1) is 23.4 Å². The molecule has 0 saturated heterocycles. The van der Waals surface area contributed by atoms with Crippen molar-refractivity contribution in [2.75, 3.05) is 0 Å². The van der Waals surface area contributed by atoms with Crippen molar-refractivity contribution >= 4 is 11.3 Å². The molecule has 3 nitrogen and oxygen atoms in total. The van der Waals surface area contributed by atoms with Crippen molar-refractivity contribution in [1.82, 2.24) is 14.5 Å². The molecule has 0 aliphatic carbocycles. The molecule has 0 aliphatic rings. The zero-order chi connectivity index (χ0) is 16.2. The van der Waals surface area contributed by atoms with Crippen LogP contribution in [0.2, 0.25) is 0 Å². The summed E-state index contributed by atoms with van der Waals surface area (Å²) in [6, 6.07) is 18.9. The van der Waals surface area contributed by atoms with Crippen LogP contribution in [0, 0.1) is 0 Å². The minimum absolute atomic E-state index is 0.792. The van der Waals surface area contributed by atoms with E-state index < -0.39 is 0 Å². The van der Waals surface area contributed by atoms with Gasteiger partial charge in [0.15, 0.2) is 0 Å². The van der Waals surface area contributed by atoms with Crippen LogP contribution in [0.15, 0.2) is 78.7 Å². The summed E-state index contributed by atoms with van der Waals surface area (Å²) in [5.74, 6) is 0. The normalized spacial score (nSPS) is 10.8. The first-order valence-electron chi connectivity index (χ1n) is 7.90. The Labute approximate surface area is 145 Å². The van der Waals surface area contributed by atoms with Crippen LogP contribution in [0.4, 0.5) is 0 Å². The van der Waals surface area contributed by atoms with E-state index in [2.05, 4.69) is 68.4 Å². The number of pyridine rings is 1. The second kappa shape index (κ2) is 6.81. The highest BCUT2D eigenvalue weighted by atomic mass is 32.1. The monoisotopic (exact) mass is 331 g/mol. The lowest BCUT2D eigenvalue weighted by molar-refractivity contribution is 0.751. The van der Waals surface area contributed by atoms with Gasteiger partial charge < -0.3 is 4.57 Å². The molecular formula is C20H17N3S. The van der Waals surface area contributed by atoms with Crippen molar-refractivity contribution in [3.63, 3.8) is 0 Å². The molecule has 0 amide bonds. The van der Waals surface area contributed by atoms with Gasteiger partial charge in [-0.05, 0) is 28.6 Å². The van der Waals surface area contributed by atoms with Crippen molar-refractivity contribution in [3.05, 3.63) is 95.5 Å². The van der Waals surface area contributed by atoms with E-state index in [9.17, 15) is 0 Å². The van der Waals surface area contributed by atoms with Crippen LogP contribution in [-0.4, -0.2) is 14.5 Å². The molecule has 4 rings (SSSR count). The van der Waals surface area contributed by atoms with E-state index in [-0.39, 0.29) is 0 Å². The van der Waals surface area contributed by atoms with Gasteiger partial charge in [-0.2, -0.15) is 0 Å². The molecule has 0 radical (unpaired) electrons. The SMILES string of the molecule is c1ccc(Cc2cncn2Cc2ccc(-c3cccs3)nc2)cc1. The van der Waals surface area contributed by atoms with Crippen molar-refractivity contribution in [2.24, 2.45) is 0 Å². The van der Waals surface area contributed by atoms with Crippen molar-refractivity contribution in [2.45, 2.75) is 13.0 Å². The highest BCUT2D eigenvalue weighted by Crippen LogP contribution is 2.22. The molecule has 3 heterocycles. The fourth-order valence-corrected chi connectivity index (χ4v) is 3.43. The maximum Gasteiger partial charge on any atom is 0.0951 e. The third kappa shape index (κ3) is 3.29. The molecule has 0 spiro atoms. The highest BCUT2D eigenvalue weighted by molar-refractivity contribution is 7.13. The van der Waals surface area contributed by atoms with Gasteiger partial charge in [-0.25, -0.2) is 4.98 Å². The average Bonchev–Trinajstić information content (AvgIpc) is 3.29. The Morgan fingerprint density at radius 3 is 2.54 bits per heavy atom. The van der Waals surface area contributed by atoms with Crippen LogP contribution < -0.4 is 0 Å². The van der Waals surface area contributed by atoms with Crippen LogP contribution in [0.25, 0.3) is 10.6 Å². The van der Waals surface area contributed by atoms with Crippen LogP contribution in [-0.2, 0) is 13.0 Å². The van der Waals surface area contributed by atoms with Gasteiger partial charge in [-0.3, -0.25) is 4.98 Å². The first-order chi connectivity index (χ1) is 11.9. The average molecular weight is 331 g/mol. The molecule has 4 heteroatoms. The number of rotatable bonds is 5. The lowest BCUT2D eigenvalue weighted by Crippen LogP contribution is -2.04. The molecule has 0 unspecified atom stereocenters. The second-order valence-corrected chi connectivity index (χ2v) is 6.65. The van der Waals surface area contributed by atoms with E-state index in [1.54, 1.807) is 11.3 Å². The lowest BCUT2D eigenvalue weighted by Gasteiger charge is -2.09. The van der Waals surface area contributed by atoms with Gasteiger partial charge in [0.25, 0.3) is 0 Å². The Hall–Kier alpha value is -2.72. The molecule has 0 N–H and O–H groups in total. The standard InChI is InChI=1S/C20H17N3S/c1-2-5-16(6-3-1)11-18-13-21-15-23(18)14-17-8-9-19(22-12-17)20-7-4-10-24-20/h1-10,12-13,15H,11,14H2. The summed E-state index contributed by atoms with van der Waals surface area (Å²) in [6.45, 7) is 0.792. The number of imidazole rings is 1. The third-order valence-electron chi connectivity index (χ3n) is 3.98. The second-order valence-electron chi connectivity index (χ2n) is 5.70. The number of hydrogen-bond acceptors (Lipinski definition) is 3. The number of hydrogen-bond donors (Lipinski definition) is 0. The summed E-state index contributed by atoms with van der Waals surface area (Å²) in [4.78, 5) is 10.1. The summed E-state index contributed by atoms with van der Waals surface area (Å²) in [5.41, 5.74) is 4.72. The van der Waals surface area contributed by atoms with Gasteiger partial charge in [0, 0.05) is 24.5 Å². The molecule has 4 aromatic rings. The fraction of sp³-hybridized carbons (Fsp3) is 0.100. The molecule has 0 saturated carbocycles. The predicted octanol–water partition coefficient (Wildman–Crippen LogP) is 4.65. The molecule has 24 heavy (non-hydrogen) atoms. The lowest BCUT2D eigenvalue weighted by atomic mass is 10.1. The van der Waals surface area contributed by atoms with Gasteiger partial charge in [-0.1, -0.05) is 42.5 Å². The Morgan fingerprint density at radius 2 is 1.79 bits per heavy atom. The van der Waals surface area contributed by atoms with E-state index in [4.69, 9.17) is 0 Å². The van der Waals surface area contributed by atoms with Crippen LogP contribution in [0.3, 0.4) is 0 Å². The third-order valence-corrected chi connectivity index (χ3v) is 4.87. The Kier molecular flexibility index (Phi) is 4.21. The first kappa shape index (κ1) is 14.8. The number of thiophene rings is 1. The summed E-state index contributed by atoms with van der Waals surface area (Å²) < 4.78 is 2.19. The molecule has 0 aliphatic heterocycles. The highest BCUT2D eigenvalue weighted by Gasteiger charge is 2.06. The maximum atomic E-state index is 4.59. The number of aromatic nitrogens is 3. The minimum atomic E-state index is 0.792. The molecule has 118 valence electrons. The summed E-state index contributed by atoms with van der Waals surface area (Å²) in [7, 11) is 0. The van der Waals surface area contributed by atoms with Gasteiger partial charge >= 0.3 is 0 Å². The number of nitrogens with zero attached hydrogens (tertiary/aromatic N) is 3. The molecule has 0 fully saturated rings. The molecular weight excluding hydrogens is 314 g/mol. The van der Waals surface area contributed by atoms with Crippen LogP contribution in [0.1, 0.15) is 16.8 Å². The van der Waals surface area contributed by atoms with E-state index in [1.807, 2.05) is 24.8 Å². The summed E-state index contributed by atoms with van der Waals surface area (Å²) >= 11 is 1.71. The van der Waals surface area contributed by atoms with E-state index >= 15 is 0 Å². The quantitative estimate of drug-likeness (QED) is 0.533. The Morgan fingerprint density at radius 1 is 0.875 bits per heavy atom. The zero-order valence-electron chi connectivity index (χ0n) is 13.2. The van der Waals surface area contributed by atoms with Gasteiger partial charge in [-0.15, -0.1) is 11.3 Å². The van der Waals surface area contributed by atoms with Crippen molar-refractivity contribution in [3.8, 4) is 10.6 Å². The first-order valence-corrected chi connectivity index (χ1v) is 8.78. The van der Waals surface area contributed by atoms with E-state index in [0.29, 0.717) is 0 Å². The topological polar surface area (TPSA) is 30.7 Å². The van der Waals surface area contributed by atoms with E-state index in [0.717, 1.165) is 18.7 Å². The van der Waals surface area contributed by atoms with Crippen molar-refractivity contribution < 1.29 is 0 Å². The summed E-state index contributed by atoms with van der Waals surface area (Å²) in [5, 5.41) is 2.08. The fourth-order valence-electron chi connectivity index (χ4n) is 2.73. The Bertz CT molecular complexity index is 894. The predicted molar refractivity (Wildman–Crippen MR) is 98.1 cm³/mol. The molecule has 0 bridgehead atoms. The van der Waals surface area contributed by atoms with Crippen LogP contribution >= 0.6 is 11.3 Å². The van der Waals surface area contributed by atoms with Gasteiger partial charge in [0.1, 0.15) is 0 Å².